The molecule has 2 N–H and O–H groups in total. The Labute approximate surface area is 72.4 Å². The van der Waals surface area contributed by atoms with Crippen LogP contribution in [0.3, 0.4) is 0 Å². The Balaban J connectivity index is 2.11. The first-order valence-electron chi connectivity index (χ1n) is 4.61. The third kappa shape index (κ3) is 2.81. The number of hydrogen-bond donors (Lipinski definition) is 2. The number of aliphatic carboxylic acids is 1. The number of carboxylic acid groups (broad SMARTS) is 1. The Bertz CT molecular complexity index is 150. The van der Waals surface area contributed by atoms with E-state index >= 15 is 0 Å². The molecular formula is C9H16O3. The molecule has 0 amide bonds. The molecule has 1 unspecified atom stereocenters. The van der Waals surface area contributed by atoms with Gasteiger partial charge in [-0.25, -0.2) is 4.79 Å². The molecule has 70 valence electrons. The molecule has 1 aliphatic carbocycles. The summed E-state index contributed by atoms with van der Waals surface area (Å²) in [5, 5.41) is 17.4. The van der Waals surface area contributed by atoms with Crippen LogP contribution in [0.15, 0.2) is 0 Å². The lowest BCUT2D eigenvalue weighted by Crippen LogP contribution is -2.19. The van der Waals surface area contributed by atoms with Crippen LogP contribution in [0.4, 0.5) is 0 Å². The second-order valence-corrected chi connectivity index (χ2v) is 3.58. The number of carbonyl (C=O) groups is 1. The maximum atomic E-state index is 10.3. The fourth-order valence-electron chi connectivity index (χ4n) is 1.82. The van der Waals surface area contributed by atoms with Crippen molar-refractivity contribution in [2.45, 2.75) is 44.6 Å². The van der Waals surface area contributed by atoms with Gasteiger partial charge in [0.05, 0.1) is 0 Å². The zero-order valence-corrected chi connectivity index (χ0v) is 7.20. The summed E-state index contributed by atoms with van der Waals surface area (Å²) in [6, 6.07) is 0. The molecule has 1 atom stereocenters. The molecule has 3 nitrogen and oxygen atoms in total. The molecule has 1 saturated carbocycles. The lowest BCUT2D eigenvalue weighted by Gasteiger charge is -2.09. The Morgan fingerprint density at radius 1 is 1.42 bits per heavy atom. The highest BCUT2D eigenvalue weighted by Gasteiger charge is 2.19. The first-order chi connectivity index (χ1) is 5.70. The van der Waals surface area contributed by atoms with Crippen molar-refractivity contribution in [2.24, 2.45) is 5.92 Å². The van der Waals surface area contributed by atoms with Gasteiger partial charge in [0, 0.05) is 0 Å². The summed E-state index contributed by atoms with van der Waals surface area (Å²) in [5.74, 6) is -0.424. The fourth-order valence-corrected chi connectivity index (χ4v) is 1.82. The monoisotopic (exact) mass is 172 g/mol. The van der Waals surface area contributed by atoms with Gasteiger partial charge >= 0.3 is 5.97 Å². The van der Waals surface area contributed by atoms with Crippen molar-refractivity contribution >= 4 is 5.97 Å². The van der Waals surface area contributed by atoms with Crippen LogP contribution in [0, 0.1) is 5.92 Å². The highest BCUT2D eigenvalue weighted by molar-refractivity contribution is 5.71. The summed E-state index contributed by atoms with van der Waals surface area (Å²) in [7, 11) is 0. The van der Waals surface area contributed by atoms with E-state index in [2.05, 4.69) is 0 Å². The van der Waals surface area contributed by atoms with E-state index in [0.717, 1.165) is 6.42 Å². The zero-order chi connectivity index (χ0) is 8.97. The maximum Gasteiger partial charge on any atom is 0.332 e. The van der Waals surface area contributed by atoms with Crippen molar-refractivity contribution in [1.82, 2.24) is 0 Å². The second-order valence-electron chi connectivity index (χ2n) is 3.58. The van der Waals surface area contributed by atoms with E-state index < -0.39 is 12.1 Å². The topological polar surface area (TPSA) is 57.5 Å². The molecule has 0 heterocycles. The van der Waals surface area contributed by atoms with Gasteiger partial charge in [0.2, 0.25) is 0 Å². The van der Waals surface area contributed by atoms with Gasteiger partial charge in [-0.15, -0.1) is 0 Å². The summed E-state index contributed by atoms with van der Waals surface area (Å²) >= 11 is 0. The van der Waals surface area contributed by atoms with Gasteiger partial charge in [-0.1, -0.05) is 25.7 Å². The Hall–Kier alpha value is -0.570. The van der Waals surface area contributed by atoms with E-state index in [1.54, 1.807) is 0 Å². The van der Waals surface area contributed by atoms with E-state index in [-0.39, 0.29) is 0 Å². The van der Waals surface area contributed by atoms with Crippen molar-refractivity contribution < 1.29 is 15.0 Å². The highest BCUT2D eigenvalue weighted by atomic mass is 16.4. The quantitative estimate of drug-likeness (QED) is 0.674. The average Bonchev–Trinajstić information content (AvgIpc) is 2.51. The molecule has 3 heteroatoms. The Morgan fingerprint density at radius 3 is 2.50 bits per heavy atom. The first kappa shape index (κ1) is 9.52. The molecule has 1 aliphatic rings. The van der Waals surface area contributed by atoms with E-state index in [4.69, 9.17) is 10.2 Å². The van der Waals surface area contributed by atoms with Gasteiger partial charge in [0.15, 0.2) is 6.10 Å². The number of hydrogen-bond acceptors (Lipinski definition) is 2. The average molecular weight is 172 g/mol. The Morgan fingerprint density at radius 2 is 2.00 bits per heavy atom. The van der Waals surface area contributed by atoms with Crippen LogP contribution in [0.2, 0.25) is 0 Å². The van der Waals surface area contributed by atoms with E-state index in [1.807, 2.05) is 0 Å². The summed E-state index contributed by atoms with van der Waals surface area (Å²) in [5.41, 5.74) is 0. The van der Waals surface area contributed by atoms with Crippen molar-refractivity contribution in [3.8, 4) is 0 Å². The summed E-state index contributed by atoms with van der Waals surface area (Å²) < 4.78 is 0. The minimum atomic E-state index is -1.15. The lowest BCUT2D eigenvalue weighted by molar-refractivity contribution is -0.147. The Kier molecular flexibility index (Phi) is 3.53. The third-order valence-corrected chi connectivity index (χ3v) is 2.61. The summed E-state index contributed by atoms with van der Waals surface area (Å²) in [6.07, 6.45) is 5.11. The molecule has 0 saturated heterocycles. The normalized spacial score (nSPS) is 21.1. The third-order valence-electron chi connectivity index (χ3n) is 2.61. The van der Waals surface area contributed by atoms with Gasteiger partial charge in [-0.3, -0.25) is 0 Å². The SMILES string of the molecule is O=C(O)C(O)CCC1CCCC1. The summed E-state index contributed by atoms with van der Waals surface area (Å²) in [6.45, 7) is 0. The number of aliphatic hydroxyl groups excluding tert-OH is 1. The van der Waals surface area contributed by atoms with Crippen molar-refractivity contribution in [2.75, 3.05) is 0 Å². The van der Waals surface area contributed by atoms with Gasteiger partial charge in [0.25, 0.3) is 0 Å². The highest BCUT2D eigenvalue weighted by Crippen LogP contribution is 2.28. The predicted molar refractivity (Wildman–Crippen MR) is 44.8 cm³/mol. The van der Waals surface area contributed by atoms with Crippen LogP contribution >= 0.6 is 0 Å². The van der Waals surface area contributed by atoms with Crippen LogP contribution in [0.5, 0.6) is 0 Å². The van der Waals surface area contributed by atoms with Crippen molar-refractivity contribution in [3.63, 3.8) is 0 Å². The minimum absolute atomic E-state index is 0.417. The molecule has 0 aromatic carbocycles. The van der Waals surface area contributed by atoms with Gasteiger partial charge in [0.1, 0.15) is 0 Å². The molecule has 1 fully saturated rings. The van der Waals surface area contributed by atoms with Crippen molar-refractivity contribution in [3.05, 3.63) is 0 Å². The van der Waals surface area contributed by atoms with Crippen molar-refractivity contribution in [1.29, 1.82) is 0 Å². The largest absolute Gasteiger partial charge is 0.479 e. The van der Waals surface area contributed by atoms with Crippen LogP contribution < -0.4 is 0 Å². The molecular weight excluding hydrogens is 156 g/mol. The van der Waals surface area contributed by atoms with Crippen LogP contribution in [-0.4, -0.2) is 22.3 Å². The fraction of sp³-hybridized carbons (Fsp3) is 0.889. The van der Waals surface area contributed by atoms with E-state index in [0.29, 0.717) is 12.3 Å². The zero-order valence-electron chi connectivity index (χ0n) is 7.20. The molecule has 0 radical (unpaired) electrons. The molecule has 0 bridgehead atoms. The molecule has 0 aliphatic heterocycles. The molecule has 0 aromatic rings. The van der Waals surface area contributed by atoms with Gasteiger partial charge in [-0.2, -0.15) is 0 Å². The first-order valence-corrected chi connectivity index (χ1v) is 4.61. The van der Waals surface area contributed by atoms with E-state index in [1.165, 1.54) is 25.7 Å². The molecule has 12 heavy (non-hydrogen) atoms. The van der Waals surface area contributed by atoms with Crippen LogP contribution in [-0.2, 0) is 4.79 Å². The predicted octanol–water partition coefficient (Wildman–Crippen LogP) is 1.40. The number of rotatable bonds is 4. The summed E-state index contributed by atoms with van der Waals surface area (Å²) in [4.78, 5) is 10.3. The smallest absolute Gasteiger partial charge is 0.332 e. The number of aliphatic hydroxyl groups is 1. The minimum Gasteiger partial charge on any atom is -0.479 e. The maximum absolute atomic E-state index is 10.3. The second kappa shape index (κ2) is 4.45. The van der Waals surface area contributed by atoms with Gasteiger partial charge in [-0.05, 0) is 18.8 Å². The molecule has 1 rings (SSSR count). The standard InChI is InChI=1S/C9H16O3/c10-8(9(11)12)6-5-7-3-1-2-4-7/h7-8,10H,1-6H2,(H,11,12). The lowest BCUT2D eigenvalue weighted by atomic mass is 10.00. The van der Waals surface area contributed by atoms with Crippen LogP contribution in [0.1, 0.15) is 38.5 Å². The van der Waals surface area contributed by atoms with Crippen LogP contribution in [0.25, 0.3) is 0 Å². The van der Waals surface area contributed by atoms with Gasteiger partial charge < -0.3 is 10.2 Å². The molecule has 0 aromatic heterocycles. The number of carboxylic acids is 1. The van der Waals surface area contributed by atoms with E-state index in [9.17, 15) is 4.79 Å². The molecule has 0 spiro atoms.